The Bertz CT molecular complexity index is 3530. The lowest BCUT2D eigenvalue weighted by Crippen LogP contribution is -2.09. The second-order valence-electron chi connectivity index (χ2n) is 15.0. The van der Waals surface area contributed by atoms with Gasteiger partial charge in [0.05, 0.1) is 11.2 Å². The Labute approximate surface area is 339 Å². The third-order valence-corrected chi connectivity index (χ3v) is 11.4. The molecule has 3 aromatic heterocycles. The third kappa shape index (κ3) is 5.55. The number of hydrogen-bond donors (Lipinski definition) is 0. The SMILES string of the molecule is c1ccc(N(c2ccccc2)c2cccc(-c3cc(-c4nc(-c5ccc6oc7ccccc7c6c5)c5ccccc5n4)c4c(c3)oc3cc5ccccc5cc34)c2)cc1. The molecule has 0 bridgehead atoms. The van der Waals surface area contributed by atoms with Crippen LogP contribution in [0.4, 0.5) is 17.1 Å². The maximum Gasteiger partial charge on any atom is 0.161 e. The van der Waals surface area contributed by atoms with E-state index in [0.717, 1.165) is 111 Å². The highest BCUT2D eigenvalue weighted by Crippen LogP contribution is 2.43. The Morgan fingerprint density at radius 3 is 1.83 bits per heavy atom. The molecular formula is C54H33N3O2. The summed E-state index contributed by atoms with van der Waals surface area (Å²) in [6, 6.07) is 69.7. The molecule has 59 heavy (non-hydrogen) atoms. The molecule has 276 valence electrons. The smallest absolute Gasteiger partial charge is 0.161 e. The Hall–Kier alpha value is -8.02. The minimum absolute atomic E-state index is 0.630. The predicted molar refractivity (Wildman–Crippen MR) is 243 cm³/mol. The van der Waals surface area contributed by atoms with Crippen LogP contribution >= 0.6 is 0 Å². The number of benzene rings is 9. The molecule has 0 aliphatic heterocycles. The maximum atomic E-state index is 6.81. The molecule has 0 aliphatic rings. The van der Waals surface area contributed by atoms with Crippen molar-refractivity contribution in [2.24, 2.45) is 0 Å². The summed E-state index contributed by atoms with van der Waals surface area (Å²) < 4.78 is 13.0. The number of aromatic nitrogens is 2. The fourth-order valence-electron chi connectivity index (χ4n) is 8.65. The summed E-state index contributed by atoms with van der Waals surface area (Å²) in [6.07, 6.45) is 0. The van der Waals surface area contributed by atoms with E-state index >= 15 is 0 Å². The first kappa shape index (κ1) is 33.2. The van der Waals surface area contributed by atoms with Gasteiger partial charge in [-0.3, -0.25) is 0 Å². The minimum atomic E-state index is 0.630. The van der Waals surface area contributed by atoms with Gasteiger partial charge in [0, 0.05) is 55.1 Å². The first-order valence-corrected chi connectivity index (χ1v) is 19.8. The molecule has 0 fully saturated rings. The second-order valence-corrected chi connectivity index (χ2v) is 15.0. The molecule has 0 N–H and O–H groups in total. The van der Waals surface area contributed by atoms with E-state index in [2.05, 4.69) is 175 Å². The van der Waals surface area contributed by atoms with Gasteiger partial charge < -0.3 is 13.7 Å². The fourth-order valence-corrected chi connectivity index (χ4v) is 8.65. The number of rotatable bonds is 6. The van der Waals surface area contributed by atoms with Gasteiger partial charge >= 0.3 is 0 Å². The highest BCUT2D eigenvalue weighted by Gasteiger charge is 2.21. The fraction of sp³-hybridized carbons (Fsp3) is 0. The van der Waals surface area contributed by atoms with Crippen molar-refractivity contribution in [3.8, 4) is 33.8 Å². The first-order valence-electron chi connectivity index (χ1n) is 19.8. The van der Waals surface area contributed by atoms with E-state index in [0.29, 0.717) is 5.82 Å². The number of fused-ring (bicyclic) bond motifs is 8. The van der Waals surface area contributed by atoms with Gasteiger partial charge in [-0.1, -0.05) is 109 Å². The lowest BCUT2D eigenvalue weighted by Gasteiger charge is -2.26. The van der Waals surface area contributed by atoms with Crippen LogP contribution in [0, 0.1) is 0 Å². The monoisotopic (exact) mass is 755 g/mol. The van der Waals surface area contributed by atoms with Crippen LogP contribution in [0.2, 0.25) is 0 Å². The van der Waals surface area contributed by atoms with E-state index in [-0.39, 0.29) is 0 Å². The summed E-state index contributed by atoms with van der Waals surface area (Å²) in [6.45, 7) is 0. The standard InChI is InChI=1S/C54H33N3O2/c1-3-17-39(18-4-1)57(40-19-5-2-6-20-40)41-21-13-16-34(28-41)38-31-46(52-45-29-35-14-7-8-15-36(35)32-50(45)59-51(52)33-38)54-55-47-24-11-9-23-43(47)53(56-54)37-26-27-49-44(30-37)42-22-10-12-25-48(42)58-49/h1-33H. The minimum Gasteiger partial charge on any atom is -0.456 e. The van der Waals surface area contributed by atoms with E-state index in [1.54, 1.807) is 0 Å². The zero-order chi connectivity index (χ0) is 38.9. The van der Waals surface area contributed by atoms with Crippen LogP contribution in [0.1, 0.15) is 0 Å². The second kappa shape index (κ2) is 13.3. The van der Waals surface area contributed by atoms with Crippen LogP contribution < -0.4 is 4.90 Å². The van der Waals surface area contributed by atoms with Crippen molar-refractivity contribution in [1.29, 1.82) is 0 Å². The van der Waals surface area contributed by atoms with Crippen molar-refractivity contribution in [2.75, 3.05) is 4.90 Å². The molecule has 12 aromatic rings. The first-order chi connectivity index (χ1) is 29.2. The van der Waals surface area contributed by atoms with E-state index in [1.165, 1.54) is 0 Å². The Morgan fingerprint density at radius 2 is 1.02 bits per heavy atom. The molecule has 0 saturated heterocycles. The average Bonchev–Trinajstić information content (AvgIpc) is 3.86. The zero-order valence-electron chi connectivity index (χ0n) is 31.7. The number of anilines is 3. The summed E-state index contributed by atoms with van der Waals surface area (Å²) >= 11 is 0. The van der Waals surface area contributed by atoms with Crippen LogP contribution in [0.15, 0.2) is 209 Å². The van der Waals surface area contributed by atoms with Crippen molar-refractivity contribution >= 4 is 82.6 Å². The Kier molecular flexibility index (Phi) is 7.47. The number of furan rings is 2. The molecular weight excluding hydrogens is 723 g/mol. The molecule has 0 spiro atoms. The molecule has 0 saturated carbocycles. The number of nitrogens with zero attached hydrogens (tertiary/aromatic N) is 3. The molecule has 0 aliphatic carbocycles. The van der Waals surface area contributed by atoms with Gasteiger partial charge in [-0.2, -0.15) is 0 Å². The summed E-state index contributed by atoms with van der Waals surface area (Å²) in [7, 11) is 0. The van der Waals surface area contributed by atoms with Gasteiger partial charge in [-0.25, -0.2) is 9.97 Å². The van der Waals surface area contributed by atoms with Gasteiger partial charge in [-0.15, -0.1) is 0 Å². The molecule has 0 amide bonds. The van der Waals surface area contributed by atoms with Crippen LogP contribution in [0.25, 0.3) is 99.3 Å². The van der Waals surface area contributed by atoms with Gasteiger partial charge in [0.1, 0.15) is 22.3 Å². The largest absolute Gasteiger partial charge is 0.456 e. The topological polar surface area (TPSA) is 55.3 Å². The van der Waals surface area contributed by atoms with Crippen molar-refractivity contribution in [3.05, 3.63) is 200 Å². The molecule has 9 aromatic carbocycles. The zero-order valence-corrected chi connectivity index (χ0v) is 31.7. The summed E-state index contributed by atoms with van der Waals surface area (Å²) in [5.74, 6) is 0.630. The number of hydrogen-bond acceptors (Lipinski definition) is 5. The van der Waals surface area contributed by atoms with Gasteiger partial charge in [0.25, 0.3) is 0 Å². The summed E-state index contributed by atoms with van der Waals surface area (Å²) in [4.78, 5) is 13.1. The molecule has 5 heteroatoms. The molecule has 5 nitrogen and oxygen atoms in total. The van der Waals surface area contributed by atoms with Gasteiger partial charge in [0.15, 0.2) is 5.82 Å². The molecule has 3 heterocycles. The lowest BCUT2D eigenvalue weighted by molar-refractivity contribution is 0.669. The maximum absolute atomic E-state index is 6.81. The third-order valence-electron chi connectivity index (χ3n) is 11.4. The van der Waals surface area contributed by atoms with E-state index in [1.807, 2.05) is 30.3 Å². The Balaban J connectivity index is 1.11. The van der Waals surface area contributed by atoms with Gasteiger partial charge in [0.2, 0.25) is 0 Å². The van der Waals surface area contributed by atoms with Gasteiger partial charge in [-0.05, 0) is 113 Å². The van der Waals surface area contributed by atoms with Crippen LogP contribution in [-0.4, -0.2) is 9.97 Å². The molecule has 0 unspecified atom stereocenters. The number of para-hydroxylation sites is 4. The predicted octanol–water partition coefficient (Wildman–Crippen LogP) is 15.1. The van der Waals surface area contributed by atoms with E-state index in [9.17, 15) is 0 Å². The summed E-state index contributed by atoms with van der Waals surface area (Å²) in [5.41, 5.74) is 12.2. The highest BCUT2D eigenvalue weighted by atomic mass is 16.3. The van der Waals surface area contributed by atoms with Crippen molar-refractivity contribution in [2.45, 2.75) is 0 Å². The van der Waals surface area contributed by atoms with E-state index < -0.39 is 0 Å². The molecule has 12 rings (SSSR count). The molecule has 0 radical (unpaired) electrons. The normalized spacial score (nSPS) is 11.7. The van der Waals surface area contributed by atoms with Crippen LogP contribution in [0.3, 0.4) is 0 Å². The Morgan fingerprint density at radius 1 is 0.356 bits per heavy atom. The highest BCUT2D eigenvalue weighted by molar-refractivity contribution is 6.16. The quantitative estimate of drug-likeness (QED) is 0.169. The van der Waals surface area contributed by atoms with Crippen molar-refractivity contribution in [1.82, 2.24) is 9.97 Å². The van der Waals surface area contributed by atoms with Crippen molar-refractivity contribution < 1.29 is 8.83 Å². The average molecular weight is 756 g/mol. The lowest BCUT2D eigenvalue weighted by atomic mass is 9.96. The van der Waals surface area contributed by atoms with E-state index in [4.69, 9.17) is 18.8 Å². The molecule has 0 atom stereocenters. The summed E-state index contributed by atoms with van der Waals surface area (Å²) in [5, 5.41) is 7.40. The van der Waals surface area contributed by atoms with Crippen LogP contribution in [0.5, 0.6) is 0 Å². The van der Waals surface area contributed by atoms with Crippen LogP contribution in [-0.2, 0) is 0 Å². The van der Waals surface area contributed by atoms with Crippen molar-refractivity contribution in [3.63, 3.8) is 0 Å².